The van der Waals surface area contributed by atoms with Gasteiger partial charge in [-0.3, -0.25) is 9.88 Å². The van der Waals surface area contributed by atoms with Crippen molar-refractivity contribution in [1.82, 2.24) is 29.8 Å². The highest BCUT2D eigenvalue weighted by Gasteiger charge is 2.19. The molecule has 0 radical (unpaired) electrons. The summed E-state index contributed by atoms with van der Waals surface area (Å²) in [6.45, 7) is 2.47. The second kappa shape index (κ2) is 8.04. The van der Waals surface area contributed by atoms with Crippen LogP contribution in [0.3, 0.4) is 0 Å². The molecule has 1 aliphatic rings. The zero-order valence-electron chi connectivity index (χ0n) is 16.2. The molecule has 30 heavy (non-hydrogen) atoms. The summed E-state index contributed by atoms with van der Waals surface area (Å²) in [5.41, 5.74) is 5.30. The van der Waals surface area contributed by atoms with Crippen LogP contribution in [0.25, 0.3) is 22.6 Å². The fraction of sp³-hybridized carbons (Fsp3) is 0.174. The van der Waals surface area contributed by atoms with E-state index >= 15 is 0 Å². The van der Waals surface area contributed by atoms with Gasteiger partial charge in [-0.2, -0.15) is 0 Å². The van der Waals surface area contributed by atoms with Crippen molar-refractivity contribution in [3.05, 3.63) is 90.2 Å². The van der Waals surface area contributed by atoms with Gasteiger partial charge in [0, 0.05) is 62.0 Å². The first kappa shape index (κ1) is 18.4. The number of nitrogens with zero attached hydrogens (tertiary/aromatic N) is 6. The third-order valence-corrected chi connectivity index (χ3v) is 5.21. The Balaban J connectivity index is 1.28. The van der Waals surface area contributed by atoms with Gasteiger partial charge in [-0.05, 0) is 23.8 Å². The number of rotatable bonds is 4. The fourth-order valence-corrected chi connectivity index (χ4v) is 3.67. The van der Waals surface area contributed by atoms with Crippen molar-refractivity contribution in [3.8, 4) is 22.6 Å². The molecule has 6 nitrogen and oxygen atoms in total. The van der Waals surface area contributed by atoms with E-state index in [9.17, 15) is 4.39 Å². The second-order valence-electron chi connectivity index (χ2n) is 7.28. The van der Waals surface area contributed by atoms with Crippen molar-refractivity contribution in [2.45, 2.75) is 19.5 Å². The standard InChI is InChI=1S/C23H19FN6/c24-20-4-2-1-3-19(20)22-6-5-16(9-27-22)13-30-8-7-21-18(14-30)12-28-23(29-21)17-10-25-15-26-11-17/h1-6,9-12,15H,7-8,13-14H2. The minimum atomic E-state index is -0.258. The Kier molecular flexibility index (Phi) is 4.94. The van der Waals surface area contributed by atoms with Gasteiger partial charge in [0.1, 0.15) is 12.1 Å². The van der Waals surface area contributed by atoms with Crippen molar-refractivity contribution >= 4 is 0 Å². The monoisotopic (exact) mass is 398 g/mol. The van der Waals surface area contributed by atoms with E-state index < -0.39 is 0 Å². The van der Waals surface area contributed by atoms with Gasteiger partial charge < -0.3 is 0 Å². The molecular formula is C23H19FN6. The van der Waals surface area contributed by atoms with E-state index in [2.05, 4.69) is 24.8 Å². The topological polar surface area (TPSA) is 67.7 Å². The Morgan fingerprint density at radius 1 is 0.933 bits per heavy atom. The zero-order valence-corrected chi connectivity index (χ0v) is 16.2. The lowest BCUT2D eigenvalue weighted by Crippen LogP contribution is -2.31. The van der Waals surface area contributed by atoms with Crippen molar-refractivity contribution in [3.63, 3.8) is 0 Å². The van der Waals surface area contributed by atoms with Crippen LogP contribution >= 0.6 is 0 Å². The highest BCUT2D eigenvalue weighted by atomic mass is 19.1. The summed E-state index contributed by atoms with van der Waals surface area (Å²) in [6, 6.07) is 10.6. The predicted octanol–water partition coefficient (Wildman–Crippen LogP) is 3.69. The van der Waals surface area contributed by atoms with Crippen LogP contribution in [0.1, 0.15) is 16.8 Å². The van der Waals surface area contributed by atoms with Gasteiger partial charge in [-0.15, -0.1) is 0 Å². The first-order valence-corrected chi connectivity index (χ1v) is 9.78. The van der Waals surface area contributed by atoms with Crippen LogP contribution in [-0.4, -0.2) is 36.4 Å². The Morgan fingerprint density at radius 3 is 2.60 bits per heavy atom. The molecule has 0 amide bonds. The van der Waals surface area contributed by atoms with Crippen molar-refractivity contribution in [2.75, 3.05) is 6.54 Å². The Labute approximate surface area is 173 Å². The third kappa shape index (κ3) is 3.79. The summed E-state index contributed by atoms with van der Waals surface area (Å²) in [5, 5.41) is 0. The molecule has 0 saturated carbocycles. The summed E-state index contributed by atoms with van der Waals surface area (Å²) in [4.78, 5) is 24.1. The fourth-order valence-electron chi connectivity index (χ4n) is 3.67. The molecule has 0 aliphatic carbocycles. The van der Waals surface area contributed by atoms with Crippen LogP contribution in [-0.2, 0) is 19.5 Å². The highest BCUT2D eigenvalue weighted by molar-refractivity contribution is 5.59. The molecule has 3 aromatic heterocycles. The zero-order chi connectivity index (χ0) is 20.3. The predicted molar refractivity (Wildman–Crippen MR) is 111 cm³/mol. The minimum absolute atomic E-state index is 0.258. The number of benzene rings is 1. The van der Waals surface area contributed by atoms with Gasteiger partial charge >= 0.3 is 0 Å². The largest absolute Gasteiger partial charge is 0.294 e. The van der Waals surface area contributed by atoms with E-state index in [0.717, 1.165) is 48.4 Å². The van der Waals surface area contributed by atoms with Gasteiger partial charge in [0.15, 0.2) is 5.82 Å². The maximum Gasteiger partial charge on any atom is 0.162 e. The van der Waals surface area contributed by atoms with Crippen LogP contribution < -0.4 is 0 Å². The molecule has 0 fully saturated rings. The first-order chi connectivity index (χ1) is 14.8. The first-order valence-electron chi connectivity index (χ1n) is 9.78. The molecule has 0 saturated heterocycles. The molecule has 1 aliphatic heterocycles. The summed E-state index contributed by atoms with van der Waals surface area (Å²) in [5.74, 6) is 0.405. The molecule has 1 aromatic carbocycles. The SMILES string of the molecule is Fc1ccccc1-c1ccc(CN2CCc3nc(-c4cncnc4)ncc3C2)cn1. The number of aromatic nitrogens is 5. The van der Waals surface area contributed by atoms with Crippen molar-refractivity contribution in [2.24, 2.45) is 0 Å². The number of hydrogen-bond acceptors (Lipinski definition) is 6. The minimum Gasteiger partial charge on any atom is -0.294 e. The van der Waals surface area contributed by atoms with Crippen molar-refractivity contribution in [1.29, 1.82) is 0 Å². The number of halogens is 1. The molecule has 0 spiro atoms. The normalized spacial score (nSPS) is 13.8. The summed E-state index contributed by atoms with van der Waals surface area (Å²) in [6.07, 6.45) is 9.53. The maximum atomic E-state index is 14.0. The van der Waals surface area contributed by atoms with Gasteiger partial charge in [-0.1, -0.05) is 18.2 Å². The van der Waals surface area contributed by atoms with Gasteiger partial charge in [0.2, 0.25) is 0 Å². The summed E-state index contributed by atoms with van der Waals surface area (Å²) in [7, 11) is 0. The van der Waals surface area contributed by atoms with E-state index in [4.69, 9.17) is 4.98 Å². The lowest BCUT2D eigenvalue weighted by Gasteiger charge is -2.28. The average molecular weight is 398 g/mol. The van der Waals surface area contributed by atoms with Gasteiger partial charge in [0.25, 0.3) is 0 Å². The summed E-state index contributed by atoms with van der Waals surface area (Å²) >= 11 is 0. The molecule has 148 valence electrons. The van der Waals surface area contributed by atoms with Crippen LogP contribution in [0.5, 0.6) is 0 Å². The summed E-state index contributed by atoms with van der Waals surface area (Å²) < 4.78 is 14.0. The number of pyridine rings is 1. The van der Waals surface area contributed by atoms with Crippen LogP contribution in [0.4, 0.5) is 4.39 Å². The molecule has 0 atom stereocenters. The van der Waals surface area contributed by atoms with E-state index in [-0.39, 0.29) is 5.82 Å². The number of hydrogen-bond donors (Lipinski definition) is 0. The Morgan fingerprint density at radius 2 is 1.80 bits per heavy atom. The molecule has 4 heterocycles. The quantitative estimate of drug-likeness (QED) is 0.522. The molecule has 5 rings (SSSR count). The molecule has 0 unspecified atom stereocenters. The lowest BCUT2D eigenvalue weighted by atomic mass is 10.1. The Hall–Kier alpha value is -3.58. The van der Waals surface area contributed by atoms with E-state index in [1.54, 1.807) is 24.5 Å². The molecule has 4 aromatic rings. The van der Waals surface area contributed by atoms with Crippen LogP contribution in [0.2, 0.25) is 0 Å². The maximum absolute atomic E-state index is 14.0. The average Bonchev–Trinajstić information content (AvgIpc) is 2.80. The molecule has 0 N–H and O–H groups in total. The molecule has 0 bridgehead atoms. The van der Waals surface area contributed by atoms with Crippen LogP contribution in [0, 0.1) is 5.82 Å². The van der Waals surface area contributed by atoms with Crippen LogP contribution in [0.15, 0.2) is 67.5 Å². The van der Waals surface area contributed by atoms with Gasteiger partial charge in [-0.25, -0.2) is 24.3 Å². The molecular weight excluding hydrogens is 379 g/mol. The Bertz CT molecular complexity index is 1160. The van der Waals surface area contributed by atoms with E-state index in [0.29, 0.717) is 17.1 Å². The molecule has 7 heteroatoms. The second-order valence-corrected chi connectivity index (χ2v) is 7.28. The number of fused-ring (bicyclic) bond motifs is 1. The van der Waals surface area contributed by atoms with Crippen molar-refractivity contribution < 1.29 is 4.39 Å². The van der Waals surface area contributed by atoms with E-state index in [1.807, 2.05) is 30.6 Å². The van der Waals surface area contributed by atoms with Gasteiger partial charge in [0.05, 0.1) is 17.0 Å². The smallest absolute Gasteiger partial charge is 0.162 e. The third-order valence-electron chi connectivity index (χ3n) is 5.21. The highest BCUT2D eigenvalue weighted by Crippen LogP contribution is 2.23. The van der Waals surface area contributed by atoms with E-state index in [1.165, 1.54) is 12.4 Å². The lowest BCUT2D eigenvalue weighted by molar-refractivity contribution is 0.242.